The van der Waals surface area contributed by atoms with Crippen LogP contribution in [0.4, 0.5) is 0 Å². The third kappa shape index (κ3) is 3.31. The number of hydrogen-bond acceptors (Lipinski definition) is 2. The van der Waals surface area contributed by atoms with Crippen molar-refractivity contribution in [3.63, 3.8) is 0 Å². The predicted molar refractivity (Wildman–Crippen MR) is 85.0 cm³/mol. The number of ether oxygens (including phenoxy) is 1. The molecule has 2 rings (SSSR count). The highest BCUT2D eigenvalue weighted by molar-refractivity contribution is 9.10. The molecule has 106 valence electrons. The van der Waals surface area contributed by atoms with Gasteiger partial charge in [-0.1, -0.05) is 30.3 Å². The second kappa shape index (κ2) is 6.27. The van der Waals surface area contributed by atoms with Crippen LogP contribution < -0.4 is 10.1 Å². The fourth-order valence-electron chi connectivity index (χ4n) is 1.95. The fraction of sp³-hybridized carbons (Fsp3) is 0.312. The zero-order chi connectivity index (χ0) is 14.7. The van der Waals surface area contributed by atoms with Crippen molar-refractivity contribution >= 4 is 32.6 Å². The Bertz CT molecular complexity index is 625. The fourth-order valence-corrected chi connectivity index (χ4v) is 2.54. The van der Waals surface area contributed by atoms with E-state index in [9.17, 15) is 4.79 Å². The molecule has 0 aliphatic heterocycles. The van der Waals surface area contributed by atoms with Crippen molar-refractivity contribution in [1.29, 1.82) is 0 Å². The molecule has 2 aromatic carbocycles. The Morgan fingerprint density at radius 3 is 2.55 bits per heavy atom. The van der Waals surface area contributed by atoms with Gasteiger partial charge in [-0.2, -0.15) is 0 Å². The van der Waals surface area contributed by atoms with Crippen LogP contribution in [0.1, 0.15) is 20.8 Å². The second-order valence-electron chi connectivity index (χ2n) is 5.02. The quantitative estimate of drug-likeness (QED) is 0.920. The van der Waals surface area contributed by atoms with E-state index in [1.807, 2.05) is 50.2 Å². The van der Waals surface area contributed by atoms with Crippen LogP contribution in [0.2, 0.25) is 0 Å². The number of carbonyl (C=O) groups excluding carboxylic acids is 1. The number of carbonyl (C=O) groups is 1. The van der Waals surface area contributed by atoms with E-state index in [0.717, 1.165) is 15.2 Å². The lowest BCUT2D eigenvalue weighted by Gasteiger charge is -2.18. The molecular formula is C16H18BrNO2. The van der Waals surface area contributed by atoms with E-state index < -0.39 is 6.10 Å². The molecule has 0 aliphatic rings. The molecule has 3 nitrogen and oxygen atoms in total. The smallest absolute Gasteiger partial charge is 0.260 e. The lowest BCUT2D eigenvalue weighted by atomic mass is 10.1. The van der Waals surface area contributed by atoms with E-state index in [1.165, 1.54) is 0 Å². The number of fused-ring (bicyclic) bond motifs is 1. The summed E-state index contributed by atoms with van der Waals surface area (Å²) in [6.07, 6.45) is -0.533. The zero-order valence-electron chi connectivity index (χ0n) is 11.8. The van der Waals surface area contributed by atoms with Gasteiger partial charge in [-0.05, 0) is 53.5 Å². The largest absolute Gasteiger partial charge is 0.480 e. The summed E-state index contributed by atoms with van der Waals surface area (Å²) in [5.74, 6) is 0.565. The molecule has 0 saturated heterocycles. The molecule has 0 saturated carbocycles. The highest BCUT2D eigenvalue weighted by atomic mass is 79.9. The van der Waals surface area contributed by atoms with Gasteiger partial charge in [-0.3, -0.25) is 4.79 Å². The first kappa shape index (κ1) is 14.9. The number of nitrogens with one attached hydrogen (secondary N) is 1. The minimum absolute atomic E-state index is 0.105. The number of halogens is 1. The van der Waals surface area contributed by atoms with Crippen LogP contribution in [-0.4, -0.2) is 18.1 Å². The second-order valence-corrected chi connectivity index (χ2v) is 5.82. The van der Waals surface area contributed by atoms with Crippen LogP contribution in [0, 0.1) is 0 Å². The van der Waals surface area contributed by atoms with Gasteiger partial charge in [0, 0.05) is 6.04 Å². The summed E-state index contributed by atoms with van der Waals surface area (Å²) in [6.45, 7) is 5.60. The average Bonchev–Trinajstić information content (AvgIpc) is 2.41. The Balaban J connectivity index is 2.21. The molecule has 1 N–H and O–H groups in total. The molecule has 2 aromatic rings. The molecule has 0 spiro atoms. The molecule has 0 aromatic heterocycles. The predicted octanol–water partition coefficient (Wildman–Crippen LogP) is 3.89. The molecule has 0 heterocycles. The standard InChI is InChI=1S/C16H18BrNO2/c1-10(2)18-16(19)11(3)20-14-9-8-12-6-4-5-7-13(12)15(14)17/h4-11H,1-3H3,(H,18,19). The van der Waals surface area contributed by atoms with Gasteiger partial charge in [0.1, 0.15) is 5.75 Å². The summed E-state index contributed by atoms with van der Waals surface area (Å²) in [5.41, 5.74) is 0. The highest BCUT2D eigenvalue weighted by Crippen LogP contribution is 2.33. The third-order valence-electron chi connectivity index (χ3n) is 2.93. The van der Waals surface area contributed by atoms with Gasteiger partial charge < -0.3 is 10.1 Å². The van der Waals surface area contributed by atoms with Crippen molar-refractivity contribution in [2.24, 2.45) is 0 Å². The topological polar surface area (TPSA) is 38.3 Å². The van der Waals surface area contributed by atoms with Crippen LogP contribution in [0.5, 0.6) is 5.75 Å². The molecule has 0 aliphatic carbocycles. The monoisotopic (exact) mass is 335 g/mol. The van der Waals surface area contributed by atoms with E-state index in [2.05, 4.69) is 21.2 Å². The van der Waals surface area contributed by atoms with E-state index in [0.29, 0.717) is 5.75 Å². The van der Waals surface area contributed by atoms with Gasteiger partial charge >= 0.3 is 0 Å². The Kier molecular flexibility index (Phi) is 4.65. The van der Waals surface area contributed by atoms with Crippen molar-refractivity contribution < 1.29 is 9.53 Å². The maximum atomic E-state index is 11.9. The maximum Gasteiger partial charge on any atom is 0.260 e. The van der Waals surface area contributed by atoms with Gasteiger partial charge in [0.25, 0.3) is 5.91 Å². The molecule has 4 heteroatoms. The Hall–Kier alpha value is -1.55. The number of hydrogen-bond donors (Lipinski definition) is 1. The Morgan fingerprint density at radius 1 is 1.15 bits per heavy atom. The summed E-state index contributed by atoms with van der Waals surface area (Å²) >= 11 is 3.55. The van der Waals surface area contributed by atoms with Crippen LogP contribution in [0.3, 0.4) is 0 Å². The number of amides is 1. The maximum absolute atomic E-state index is 11.9. The molecular weight excluding hydrogens is 318 g/mol. The van der Waals surface area contributed by atoms with Crippen molar-refractivity contribution in [1.82, 2.24) is 5.32 Å². The first-order chi connectivity index (χ1) is 9.49. The Morgan fingerprint density at radius 2 is 1.85 bits per heavy atom. The molecule has 0 bridgehead atoms. The minimum Gasteiger partial charge on any atom is -0.480 e. The van der Waals surface area contributed by atoms with E-state index in [1.54, 1.807) is 6.92 Å². The van der Waals surface area contributed by atoms with E-state index >= 15 is 0 Å². The van der Waals surface area contributed by atoms with Crippen molar-refractivity contribution in [2.45, 2.75) is 32.9 Å². The van der Waals surface area contributed by atoms with Crippen LogP contribution >= 0.6 is 15.9 Å². The number of benzene rings is 2. The summed E-state index contributed by atoms with van der Waals surface area (Å²) in [5, 5.41) is 5.04. The van der Waals surface area contributed by atoms with Gasteiger partial charge in [-0.15, -0.1) is 0 Å². The first-order valence-electron chi connectivity index (χ1n) is 6.63. The van der Waals surface area contributed by atoms with Crippen LogP contribution in [-0.2, 0) is 4.79 Å². The molecule has 0 radical (unpaired) electrons. The lowest BCUT2D eigenvalue weighted by Crippen LogP contribution is -2.40. The highest BCUT2D eigenvalue weighted by Gasteiger charge is 2.17. The molecule has 0 fully saturated rings. The van der Waals surface area contributed by atoms with E-state index in [4.69, 9.17) is 4.74 Å². The van der Waals surface area contributed by atoms with Crippen molar-refractivity contribution in [2.75, 3.05) is 0 Å². The molecule has 20 heavy (non-hydrogen) atoms. The van der Waals surface area contributed by atoms with E-state index in [-0.39, 0.29) is 11.9 Å². The number of rotatable bonds is 4. The molecule has 1 unspecified atom stereocenters. The van der Waals surface area contributed by atoms with Gasteiger partial charge in [0.15, 0.2) is 6.10 Å². The zero-order valence-corrected chi connectivity index (χ0v) is 13.4. The van der Waals surface area contributed by atoms with Crippen LogP contribution in [0.25, 0.3) is 10.8 Å². The summed E-state index contributed by atoms with van der Waals surface area (Å²) < 4.78 is 6.63. The summed E-state index contributed by atoms with van der Waals surface area (Å²) in [4.78, 5) is 11.9. The van der Waals surface area contributed by atoms with Crippen molar-refractivity contribution in [3.05, 3.63) is 40.9 Å². The normalized spacial score (nSPS) is 12.4. The third-order valence-corrected chi connectivity index (χ3v) is 3.75. The first-order valence-corrected chi connectivity index (χ1v) is 7.42. The van der Waals surface area contributed by atoms with Gasteiger partial charge in [0.05, 0.1) is 4.47 Å². The summed E-state index contributed by atoms with van der Waals surface area (Å²) in [6, 6.07) is 12.0. The molecule has 1 amide bonds. The minimum atomic E-state index is -0.533. The van der Waals surface area contributed by atoms with Crippen LogP contribution in [0.15, 0.2) is 40.9 Å². The summed E-state index contributed by atoms with van der Waals surface area (Å²) in [7, 11) is 0. The SMILES string of the molecule is CC(C)NC(=O)C(C)Oc1ccc2ccccc2c1Br. The van der Waals surface area contributed by atoms with Gasteiger partial charge in [0.2, 0.25) is 0 Å². The Labute approximate surface area is 127 Å². The molecule has 1 atom stereocenters. The van der Waals surface area contributed by atoms with Crippen molar-refractivity contribution in [3.8, 4) is 5.75 Å². The lowest BCUT2D eigenvalue weighted by molar-refractivity contribution is -0.127. The van der Waals surface area contributed by atoms with Gasteiger partial charge in [-0.25, -0.2) is 0 Å². The average molecular weight is 336 g/mol.